The van der Waals surface area contributed by atoms with E-state index >= 15 is 0 Å². The van der Waals surface area contributed by atoms with E-state index in [9.17, 15) is 4.57 Å². The molecule has 0 saturated carbocycles. The van der Waals surface area contributed by atoms with Crippen LogP contribution in [0.2, 0.25) is 0 Å². The first-order chi connectivity index (χ1) is 7.71. The van der Waals surface area contributed by atoms with E-state index in [0.29, 0.717) is 6.42 Å². The summed E-state index contributed by atoms with van der Waals surface area (Å²) < 4.78 is 28.6. The van der Waals surface area contributed by atoms with E-state index in [1.165, 1.54) is 6.42 Å². The molecule has 1 saturated heterocycles. The summed E-state index contributed by atoms with van der Waals surface area (Å²) in [6.45, 7) is 8.53. The van der Waals surface area contributed by atoms with E-state index < -0.39 is 20.3 Å². The fraction of sp³-hybridized carbons (Fsp3) is 1.00. The molecule has 0 aromatic heterocycles. The fourth-order valence-corrected chi connectivity index (χ4v) is 2.27. The lowest BCUT2D eigenvalue weighted by molar-refractivity contribution is 0.00202. The molecule has 98 valence electrons. The van der Waals surface area contributed by atoms with Crippen molar-refractivity contribution >= 4 is 7.60 Å². The van der Waals surface area contributed by atoms with Crippen molar-refractivity contribution in [2.45, 2.75) is 52.7 Å². The maximum atomic E-state index is 11.0. The van der Waals surface area contributed by atoms with Crippen molar-refractivity contribution in [1.29, 1.82) is 0 Å². The SMILES string of the molecule is CCC.[3H][C@@H]1C[C@H](C)[C@@H]([C@H](C)OP(C)(=O)O)O1. The third-order valence-corrected chi connectivity index (χ3v) is 2.83. The van der Waals surface area contributed by atoms with Crippen LogP contribution in [0.15, 0.2) is 0 Å². The Morgan fingerprint density at radius 1 is 1.69 bits per heavy atom. The van der Waals surface area contributed by atoms with Crippen molar-refractivity contribution in [3.63, 3.8) is 0 Å². The van der Waals surface area contributed by atoms with Gasteiger partial charge in [-0.2, -0.15) is 0 Å². The van der Waals surface area contributed by atoms with E-state index in [2.05, 4.69) is 13.8 Å². The van der Waals surface area contributed by atoms with Gasteiger partial charge in [-0.25, -0.2) is 0 Å². The molecule has 0 aromatic carbocycles. The maximum absolute atomic E-state index is 11.0. The molecular formula is C11H25O4P. The molecule has 4 nitrogen and oxygen atoms in total. The zero-order valence-electron chi connectivity index (χ0n) is 11.8. The Morgan fingerprint density at radius 2 is 2.19 bits per heavy atom. The van der Waals surface area contributed by atoms with Crippen LogP contribution in [0.5, 0.6) is 0 Å². The molecule has 5 heteroatoms. The maximum Gasteiger partial charge on any atom is 0.325 e. The van der Waals surface area contributed by atoms with Crippen LogP contribution in [0.25, 0.3) is 0 Å². The molecule has 1 fully saturated rings. The zero-order valence-corrected chi connectivity index (χ0v) is 11.7. The summed E-state index contributed by atoms with van der Waals surface area (Å²) >= 11 is 0. The van der Waals surface area contributed by atoms with Gasteiger partial charge in [-0.15, -0.1) is 0 Å². The van der Waals surface area contributed by atoms with Crippen LogP contribution in [0.1, 0.15) is 41.9 Å². The van der Waals surface area contributed by atoms with Crippen molar-refractivity contribution in [2.24, 2.45) is 5.92 Å². The Hall–Kier alpha value is 0.110. The molecule has 5 atom stereocenters. The van der Waals surface area contributed by atoms with E-state index in [1.807, 2.05) is 6.92 Å². The number of hydrogen-bond acceptors (Lipinski definition) is 3. The Balaban J connectivity index is 0.000000770. The first-order valence-corrected chi connectivity index (χ1v) is 7.80. The minimum Gasteiger partial charge on any atom is -0.375 e. The van der Waals surface area contributed by atoms with Crippen molar-refractivity contribution in [3.05, 3.63) is 0 Å². The van der Waals surface area contributed by atoms with Gasteiger partial charge in [0.1, 0.15) is 0 Å². The van der Waals surface area contributed by atoms with Crippen molar-refractivity contribution in [1.82, 2.24) is 0 Å². The van der Waals surface area contributed by atoms with E-state index in [4.69, 9.17) is 15.5 Å². The topological polar surface area (TPSA) is 55.8 Å². The quantitative estimate of drug-likeness (QED) is 0.786. The first-order valence-electron chi connectivity index (χ1n) is 6.35. The van der Waals surface area contributed by atoms with Crippen molar-refractivity contribution in [2.75, 3.05) is 13.2 Å². The van der Waals surface area contributed by atoms with Gasteiger partial charge in [0.05, 0.1) is 13.6 Å². The molecule has 1 heterocycles. The van der Waals surface area contributed by atoms with E-state index in [0.717, 1.165) is 6.66 Å². The van der Waals surface area contributed by atoms with Crippen LogP contribution < -0.4 is 0 Å². The summed E-state index contributed by atoms with van der Waals surface area (Å²) in [5, 5.41) is 0. The smallest absolute Gasteiger partial charge is 0.325 e. The Bertz CT molecular complexity index is 256. The lowest BCUT2D eigenvalue weighted by atomic mass is 10.0. The number of rotatable bonds is 3. The minimum atomic E-state index is -3.46. The summed E-state index contributed by atoms with van der Waals surface area (Å²) in [7, 11) is -3.46. The second kappa shape index (κ2) is 7.44. The monoisotopic (exact) mass is 254 g/mol. The van der Waals surface area contributed by atoms with Gasteiger partial charge < -0.3 is 14.2 Å². The molecule has 0 spiro atoms. The van der Waals surface area contributed by atoms with Gasteiger partial charge in [0, 0.05) is 13.2 Å². The molecule has 1 aliphatic heterocycles. The van der Waals surface area contributed by atoms with Gasteiger partial charge in [-0.1, -0.05) is 27.2 Å². The zero-order chi connectivity index (χ0) is 13.6. The molecule has 0 aromatic rings. The molecule has 0 radical (unpaired) electrons. The molecule has 0 amide bonds. The van der Waals surface area contributed by atoms with E-state index in [1.54, 1.807) is 6.92 Å². The van der Waals surface area contributed by atoms with Crippen LogP contribution in [0, 0.1) is 5.92 Å². The van der Waals surface area contributed by atoms with Crippen LogP contribution in [-0.2, 0) is 13.8 Å². The van der Waals surface area contributed by atoms with Crippen LogP contribution in [0.4, 0.5) is 0 Å². The van der Waals surface area contributed by atoms with Gasteiger partial charge in [0.2, 0.25) is 0 Å². The van der Waals surface area contributed by atoms with Crippen molar-refractivity contribution in [3.8, 4) is 0 Å². The lowest BCUT2D eigenvalue weighted by Gasteiger charge is -2.23. The molecule has 1 unspecified atom stereocenters. The highest BCUT2D eigenvalue weighted by Crippen LogP contribution is 2.40. The molecule has 1 N–H and O–H groups in total. The second-order valence-electron chi connectivity index (χ2n) is 4.30. The highest BCUT2D eigenvalue weighted by Gasteiger charge is 2.32. The second-order valence-corrected chi connectivity index (χ2v) is 6.12. The molecular weight excluding hydrogens is 227 g/mol. The Kier molecular flexibility index (Phi) is 6.59. The van der Waals surface area contributed by atoms with Crippen molar-refractivity contribution < 1.29 is 20.1 Å². The third kappa shape index (κ3) is 6.64. The third-order valence-electron chi connectivity index (χ3n) is 2.11. The molecule has 0 bridgehead atoms. The predicted molar refractivity (Wildman–Crippen MR) is 65.8 cm³/mol. The van der Waals surface area contributed by atoms with Gasteiger partial charge in [-0.05, 0) is 19.3 Å². The van der Waals surface area contributed by atoms with Gasteiger partial charge >= 0.3 is 7.60 Å². The molecule has 16 heavy (non-hydrogen) atoms. The Labute approximate surface area is 100 Å². The standard InChI is InChI=1S/C8H17O4P.C3H8/c1-6-4-5-11-8(6)7(2)12-13(3,9)10;1-3-2/h6-8H,4-5H2,1-3H3,(H,9,10);3H2,1-2H3/t6-,7-,8-;/m0./s1/i5T;/t5-,6+,7+,8+;/m1.. The van der Waals surface area contributed by atoms with Gasteiger partial charge in [-0.3, -0.25) is 4.57 Å². The normalized spacial score (nSPS) is 35.6. The van der Waals surface area contributed by atoms with Gasteiger partial charge in [0.25, 0.3) is 0 Å². The molecule has 1 aliphatic rings. The predicted octanol–water partition coefficient (Wildman–Crippen LogP) is 3.05. The largest absolute Gasteiger partial charge is 0.375 e. The lowest BCUT2D eigenvalue weighted by Crippen LogP contribution is -2.29. The summed E-state index contributed by atoms with van der Waals surface area (Å²) in [5.74, 6) is 0.194. The minimum absolute atomic E-state index is 0.194. The summed E-state index contributed by atoms with van der Waals surface area (Å²) in [4.78, 5) is 9.03. The average molecular weight is 254 g/mol. The highest BCUT2D eigenvalue weighted by molar-refractivity contribution is 7.51. The van der Waals surface area contributed by atoms with E-state index in [-0.39, 0.29) is 12.0 Å². The summed E-state index contributed by atoms with van der Waals surface area (Å²) in [5.41, 5.74) is 0. The van der Waals surface area contributed by atoms with Crippen LogP contribution in [0.3, 0.4) is 0 Å². The van der Waals surface area contributed by atoms with Crippen LogP contribution >= 0.6 is 7.60 Å². The highest BCUT2D eigenvalue weighted by atomic mass is 31.2. The summed E-state index contributed by atoms with van der Waals surface area (Å²) in [6.07, 6.45) is 1.21. The molecule has 1 rings (SSSR count). The summed E-state index contributed by atoms with van der Waals surface area (Å²) in [6, 6.07) is 0. The number of hydrogen-bond donors (Lipinski definition) is 1. The fourth-order valence-electron chi connectivity index (χ4n) is 1.53. The van der Waals surface area contributed by atoms with Gasteiger partial charge in [0.15, 0.2) is 0 Å². The first kappa shape index (κ1) is 14.2. The van der Waals surface area contributed by atoms with Crippen LogP contribution in [-0.4, -0.2) is 30.3 Å². The Morgan fingerprint density at radius 3 is 2.50 bits per heavy atom. The average Bonchev–Trinajstić information content (AvgIpc) is 2.43. The molecule has 0 aliphatic carbocycles. The number of ether oxygens (including phenoxy) is 1.